The minimum absolute atomic E-state index is 0.0746. The molecule has 1 N–H and O–H groups in total. The number of hydrogen-bond donors (Lipinski definition) is 1. The lowest BCUT2D eigenvalue weighted by atomic mass is 10.2. The van der Waals surface area contributed by atoms with E-state index in [4.69, 9.17) is 5.11 Å². The van der Waals surface area contributed by atoms with E-state index in [1.807, 2.05) is 6.92 Å². The molecule has 0 fully saturated rings. The maximum atomic E-state index is 13.6. The number of carboxylic acids is 1. The molecule has 5 heteroatoms. The first kappa shape index (κ1) is 12.6. The van der Waals surface area contributed by atoms with Crippen molar-refractivity contribution in [3.05, 3.63) is 53.6 Å². The van der Waals surface area contributed by atoms with Gasteiger partial charge in [-0.15, -0.1) is 0 Å². The standard InChI is InChI=1S/C13H10FNO2S/c1-8-7-15-5-4-11(8)18-12-6-9(13(16)17)2-3-10(12)14/h2-7H,1H3,(H,16,17). The summed E-state index contributed by atoms with van der Waals surface area (Å²) in [6.07, 6.45) is 3.30. The van der Waals surface area contributed by atoms with Crippen LogP contribution in [0.4, 0.5) is 4.39 Å². The van der Waals surface area contributed by atoms with Gasteiger partial charge in [-0.25, -0.2) is 9.18 Å². The summed E-state index contributed by atoms with van der Waals surface area (Å²) in [5, 5.41) is 8.88. The number of halogens is 1. The molecular formula is C13H10FNO2S. The molecule has 0 saturated heterocycles. The zero-order valence-electron chi connectivity index (χ0n) is 9.55. The Morgan fingerprint density at radius 3 is 2.78 bits per heavy atom. The van der Waals surface area contributed by atoms with Crippen LogP contribution in [0.1, 0.15) is 15.9 Å². The van der Waals surface area contributed by atoms with Gasteiger partial charge in [0, 0.05) is 22.2 Å². The van der Waals surface area contributed by atoms with Crippen LogP contribution in [-0.4, -0.2) is 16.1 Å². The molecule has 0 aliphatic carbocycles. The Morgan fingerprint density at radius 2 is 2.11 bits per heavy atom. The van der Waals surface area contributed by atoms with Gasteiger partial charge in [0.25, 0.3) is 0 Å². The third-order valence-corrected chi connectivity index (χ3v) is 3.58. The highest BCUT2D eigenvalue weighted by Gasteiger charge is 2.10. The molecule has 0 bridgehead atoms. The summed E-state index contributed by atoms with van der Waals surface area (Å²) in [5.41, 5.74) is 0.994. The molecule has 18 heavy (non-hydrogen) atoms. The molecule has 0 amide bonds. The summed E-state index contributed by atoms with van der Waals surface area (Å²) in [5.74, 6) is -1.50. The van der Waals surface area contributed by atoms with Crippen LogP contribution in [0.2, 0.25) is 0 Å². The Bertz CT molecular complexity index is 601. The predicted octanol–water partition coefficient (Wildman–Crippen LogP) is 3.38. The Kier molecular flexibility index (Phi) is 3.62. The van der Waals surface area contributed by atoms with Gasteiger partial charge in [0.05, 0.1) is 5.56 Å². The number of nitrogens with zero attached hydrogens (tertiary/aromatic N) is 1. The van der Waals surface area contributed by atoms with Crippen molar-refractivity contribution in [1.82, 2.24) is 4.98 Å². The second-order valence-electron chi connectivity index (χ2n) is 3.69. The third kappa shape index (κ3) is 2.68. The second-order valence-corrected chi connectivity index (χ2v) is 4.78. The van der Waals surface area contributed by atoms with Crippen LogP contribution < -0.4 is 0 Å². The highest BCUT2D eigenvalue weighted by molar-refractivity contribution is 7.99. The Balaban J connectivity index is 2.37. The van der Waals surface area contributed by atoms with Crippen LogP contribution in [-0.2, 0) is 0 Å². The fraction of sp³-hybridized carbons (Fsp3) is 0.0769. The molecule has 1 aromatic heterocycles. The van der Waals surface area contributed by atoms with Gasteiger partial charge in [0.2, 0.25) is 0 Å². The molecule has 0 unspecified atom stereocenters. The summed E-state index contributed by atoms with van der Waals surface area (Å²) in [6, 6.07) is 5.53. The Hall–Kier alpha value is -1.88. The molecule has 3 nitrogen and oxygen atoms in total. The molecule has 1 heterocycles. The minimum atomic E-state index is -1.07. The average molecular weight is 263 g/mol. The number of carbonyl (C=O) groups is 1. The molecule has 1 aromatic carbocycles. The monoisotopic (exact) mass is 263 g/mol. The summed E-state index contributed by atoms with van der Waals surface area (Å²) >= 11 is 1.19. The van der Waals surface area contributed by atoms with Crippen LogP contribution in [0.3, 0.4) is 0 Å². The predicted molar refractivity (Wildman–Crippen MR) is 66.5 cm³/mol. The summed E-state index contributed by atoms with van der Waals surface area (Å²) in [6.45, 7) is 1.87. The SMILES string of the molecule is Cc1cnccc1Sc1cc(C(=O)O)ccc1F. The van der Waals surface area contributed by atoms with Crippen LogP contribution in [0.5, 0.6) is 0 Å². The van der Waals surface area contributed by atoms with E-state index >= 15 is 0 Å². The number of benzene rings is 1. The fourth-order valence-electron chi connectivity index (χ4n) is 1.41. The largest absolute Gasteiger partial charge is 0.478 e. The number of hydrogen-bond acceptors (Lipinski definition) is 3. The number of pyridine rings is 1. The van der Waals surface area contributed by atoms with E-state index < -0.39 is 11.8 Å². The zero-order valence-corrected chi connectivity index (χ0v) is 10.4. The van der Waals surface area contributed by atoms with Gasteiger partial charge < -0.3 is 5.11 Å². The minimum Gasteiger partial charge on any atom is -0.478 e. The van der Waals surface area contributed by atoms with Gasteiger partial charge in [-0.05, 0) is 36.8 Å². The van der Waals surface area contributed by atoms with Crippen molar-refractivity contribution in [3.63, 3.8) is 0 Å². The Labute approximate surface area is 108 Å². The van der Waals surface area contributed by atoms with E-state index in [9.17, 15) is 9.18 Å². The lowest BCUT2D eigenvalue weighted by molar-refractivity contribution is 0.0696. The highest BCUT2D eigenvalue weighted by Crippen LogP contribution is 2.32. The quantitative estimate of drug-likeness (QED) is 0.922. The first-order chi connectivity index (χ1) is 8.58. The molecule has 0 aliphatic heterocycles. The molecule has 0 atom stereocenters. The van der Waals surface area contributed by atoms with E-state index in [-0.39, 0.29) is 5.56 Å². The smallest absolute Gasteiger partial charge is 0.335 e. The topological polar surface area (TPSA) is 50.2 Å². The van der Waals surface area contributed by atoms with E-state index in [0.29, 0.717) is 4.90 Å². The maximum absolute atomic E-state index is 13.6. The first-order valence-electron chi connectivity index (χ1n) is 5.19. The summed E-state index contributed by atoms with van der Waals surface area (Å²) in [7, 11) is 0. The number of aryl methyl sites for hydroxylation is 1. The van der Waals surface area contributed by atoms with Crippen molar-refractivity contribution in [2.75, 3.05) is 0 Å². The van der Waals surface area contributed by atoms with Crippen LogP contribution in [0, 0.1) is 12.7 Å². The van der Waals surface area contributed by atoms with Crippen molar-refractivity contribution < 1.29 is 14.3 Å². The van der Waals surface area contributed by atoms with Crippen molar-refractivity contribution in [2.24, 2.45) is 0 Å². The van der Waals surface area contributed by atoms with Gasteiger partial charge in [0.1, 0.15) is 5.82 Å². The van der Waals surface area contributed by atoms with Gasteiger partial charge in [-0.3, -0.25) is 4.98 Å². The fourth-order valence-corrected chi connectivity index (χ4v) is 2.34. The Morgan fingerprint density at radius 1 is 1.33 bits per heavy atom. The molecule has 0 saturated carbocycles. The average Bonchev–Trinajstić information content (AvgIpc) is 2.34. The second kappa shape index (κ2) is 5.18. The van der Waals surface area contributed by atoms with Crippen LogP contribution in [0.15, 0.2) is 46.5 Å². The van der Waals surface area contributed by atoms with E-state index in [2.05, 4.69) is 4.98 Å². The van der Waals surface area contributed by atoms with Crippen LogP contribution in [0.25, 0.3) is 0 Å². The summed E-state index contributed by atoms with van der Waals surface area (Å²) < 4.78 is 13.6. The van der Waals surface area contributed by atoms with Crippen molar-refractivity contribution >= 4 is 17.7 Å². The van der Waals surface area contributed by atoms with Gasteiger partial charge >= 0.3 is 5.97 Å². The molecule has 0 spiro atoms. The van der Waals surface area contributed by atoms with Crippen molar-refractivity contribution in [2.45, 2.75) is 16.7 Å². The van der Waals surface area contributed by atoms with E-state index in [0.717, 1.165) is 10.5 Å². The lowest BCUT2D eigenvalue weighted by Crippen LogP contribution is -1.97. The van der Waals surface area contributed by atoms with Crippen molar-refractivity contribution in [1.29, 1.82) is 0 Å². The zero-order chi connectivity index (χ0) is 13.1. The normalized spacial score (nSPS) is 10.3. The molecule has 0 aliphatic rings. The maximum Gasteiger partial charge on any atom is 0.335 e. The van der Waals surface area contributed by atoms with Crippen molar-refractivity contribution in [3.8, 4) is 0 Å². The lowest BCUT2D eigenvalue weighted by Gasteiger charge is -2.06. The number of aromatic nitrogens is 1. The first-order valence-corrected chi connectivity index (χ1v) is 6.01. The van der Waals surface area contributed by atoms with Gasteiger partial charge in [-0.2, -0.15) is 0 Å². The highest BCUT2D eigenvalue weighted by atomic mass is 32.2. The van der Waals surface area contributed by atoms with E-state index in [1.54, 1.807) is 18.5 Å². The molecular weight excluding hydrogens is 253 g/mol. The number of rotatable bonds is 3. The van der Waals surface area contributed by atoms with Gasteiger partial charge in [-0.1, -0.05) is 11.8 Å². The van der Waals surface area contributed by atoms with E-state index in [1.165, 1.54) is 30.0 Å². The molecule has 92 valence electrons. The molecule has 2 aromatic rings. The van der Waals surface area contributed by atoms with Gasteiger partial charge in [0.15, 0.2) is 0 Å². The van der Waals surface area contributed by atoms with Crippen LogP contribution >= 0.6 is 11.8 Å². The molecule has 2 rings (SSSR count). The number of carboxylic acid groups (broad SMARTS) is 1. The third-order valence-electron chi connectivity index (χ3n) is 2.37. The number of aromatic carboxylic acids is 1. The molecule has 0 radical (unpaired) electrons. The summed E-state index contributed by atoms with van der Waals surface area (Å²) in [4.78, 5) is 15.9.